The molecule has 454 valence electrons. The van der Waals surface area contributed by atoms with Crippen molar-refractivity contribution in [3.05, 3.63) is 102 Å². The first-order valence-corrected chi connectivity index (χ1v) is 28.0. The fourth-order valence-corrected chi connectivity index (χ4v) is 9.96. The number of carbonyl (C=O) groups is 10. The maximum absolute atomic E-state index is 14.2. The number of ketones is 3. The van der Waals surface area contributed by atoms with Gasteiger partial charge in [0, 0.05) is 75.3 Å². The summed E-state index contributed by atoms with van der Waals surface area (Å²) in [4.78, 5) is 145. The number of hydrogen-bond acceptors (Lipinski definition) is 14. The van der Waals surface area contributed by atoms with Gasteiger partial charge in [-0.2, -0.15) is 0 Å². The van der Waals surface area contributed by atoms with Crippen LogP contribution in [0.3, 0.4) is 0 Å². The van der Waals surface area contributed by atoms with Crippen LogP contribution in [-0.2, 0) is 62.4 Å². The number of urea groups is 1. The van der Waals surface area contributed by atoms with Gasteiger partial charge < -0.3 is 74.3 Å². The van der Waals surface area contributed by atoms with Crippen LogP contribution in [0.2, 0.25) is 0 Å². The predicted octanol–water partition coefficient (Wildman–Crippen LogP) is 0.197. The summed E-state index contributed by atoms with van der Waals surface area (Å²) >= 11 is 0. The Bertz CT molecular complexity index is 2970. The lowest BCUT2D eigenvalue weighted by atomic mass is 9.90. The van der Waals surface area contributed by atoms with E-state index in [2.05, 4.69) is 41.9 Å². The molecular weight excluding hydrogens is 1080 g/mol. The Labute approximate surface area is 487 Å². The van der Waals surface area contributed by atoms with Gasteiger partial charge in [0.05, 0.1) is 49.2 Å². The van der Waals surface area contributed by atoms with Crippen molar-refractivity contribution in [2.45, 2.75) is 134 Å². The van der Waals surface area contributed by atoms with E-state index in [0.717, 1.165) is 22.0 Å². The normalized spacial score (nSPS) is 16.7. The average Bonchev–Trinajstić information content (AvgIpc) is 4.26. The van der Waals surface area contributed by atoms with Gasteiger partial charge in [-0.15, -0.1) is 0 Å². The number of aliphatic hydroxyl groups is 2. The van der Waals surface area contributed by atoms with Crippen LogP contribution in [0.15, 0.2) is 90.1 Å². The van der Waals surface area contributed by atoms with Gasteiger partial charge in [-0.05, 0) is 79.8 Å². The zero-order chi connectivity index (χ0) is 61.6. The minimum absolute atomic E-state index is 0.0423. The molecular formula is C59H80N12O13. The van der Waals surface area contributed by atoms with Crippen molar-refractivity contribution in [1.29, 1.82) is 0 Å². The quantitative estimate of drug-likeness (QED) is 0.0172. The van der Waals surface area contributed by atoms with Gasteiger partial charge in [0.25, 0.3) is 0 Å². The second kappa shape index (κ2) is 32.2. The number of para-hydroxylation sites is 1. The number of fused-ring (bicyclic) bond motifs is 1. The van der Waals surface area contributed by atoms with Crippen molar-refractivity contribution >= 4 is 75.7 Å². The van der Waals surface area contributed by atoms with E-state index >= 15 is 0 Å². The third kappa shape index (κ3) is 20.6. The highest BCUT2D eigenvalue weighted by Crippen LogP contribution is 2.24. The van der Waals surface area contributed by atoms with Crippen LogP contribution in [0.4, 0.5) is 4.79 Å². The molecule has 5 rings (SSSR count). The molecule has 84 heavy (non-hydrogen) atoms. The molecule has 1 aliphatic rings. The summed E-state index contributed by atoms with van der Waals surface area (Å²) in [6.07, 6.45) is -2.14. The van der Waals surface area contributed by atoms with Crippen LogP contribution in [0.5, 0.6) is 5.75 Å². The number of nitrogens with two attached hydrogens (primary N) is 3. The molecule has 8 amide bonds. The lowest BCUT2D eigenvalue weighted by Crippen LogP contribution is -2.54. The van der Waals surface area contributed by atoms with Crippen molar-refractivity contribution in [3.8, 4) is 5.75 Å². The maximum Gasteiger partial charge on any atom is 0.315 e. The number of amides is 8. The Morgan fingerprint density at radius 2 is 1.39 bits per heavy atom. The van der Waals surface area contributed by atoms with Gasteiger partial charge in [-0.25, -0.2) is 4.79 Å². The first kappa shape index (κ1) is 66.1. The molecule has 1 aromatic heterocycles. The molecule has 2 heterocycles. The first-order valence-electron chi connectivity index (χ1n) is 28.0. The Hall–Kier alpha value is -8.71. The molecule has 25 heteroatoms. The summed E-state index contributed by atoms with van der Waals surface area (Å²) in [6.45, 7) is 4.30. The number of nitrogens with zero attached hydrogens (tertiary/aromatic N) is 2. The Kier molecular flexibility index (Phi) is 25.4. The SMILES string of the molecule is CN=C(N)NCCC[C@H](CC(=O)[C@H](CC(C)C)NC(=O)NCC(=O)[C@H](Cc1ccccc1)NC(=O)[C@@H](CC(=O)[C@H](CC(N)=O)NC(=O)[C@@H]1C[C@@H](O)CN1C(=O)CCc1ccc(O)cc1)[C@@H](C)O)C(=O)N[C@@H](Cc1c[nH]c2ccccc12)C(N)=O. The molecule has 0 spiro atoms. The molecule has 0 radical (unpaired) electrons. The fourth-order valence-electron chi connectivity index (χ4n) is 9.96. The number of carbonyl (C=O) groups excluding carboxylic acids is 10. The van der Waals surface area contributed by atoms with Crippen LogP contribution in [0, 0.1) is 17.8 Å². The number of phenols is 1. The lowest BCUT2D eigenvalue weighted by Gasteiger charge is -2.27. The smallest absolute Gasteiger partial charge is 0.315 e. The number of Topliss-reactive ketones (excluding diaryl/α,β-unsaturated/α-hetero) is 3. The highest BCUT2D eigenvalue weighted by Gasteiger charge is 2.41. The van der Waals surface area contributed by atoms with Crippen LogP contribution >= 0.6 is 0 Å². The molecule has 4 aromatic rings. The van der Waals surface area contributed by atoms with Gasteiger partial charge in [-0.1, -0.05) is 74.5 Å². The topological polar surface area (TPSA) is 413 Å². The monoisotopic (exact) mass is 1160 g/mol. The number of aryl methyl sites for hydroxylation is 1. The minimum atomic E-state index is -1.63. The second-order valence-electron chi connectivity index (χ2n) is 21.7. The fraction of sp³-hybridized carbons (Fsp3) is 0.475. The van der Waals surface area contributed by atoms with Crippen molar-refractivity contribution < 1.29 is 63.3 Å². The number of H-pyrrole nitrogens is 1. The van der Waals surface area contributed by atoms with Gasteiger partial charge in [-0.3, -0.25) is 48.1 Å². The highest BCUT2D eigenvalue weighted by molar-refractivity contribution is 5.99. The maximum atomic E-state index is 14.2. The number of aromatic amines is 1. The third-order valence-electron chi connectivity index (χ3n) is 14.6. The number of aliphatic imine (C=N–C) groups is 1. The van der Waals surface area contributed by atoms with E-state index in [1.54, 1.807) is 48.7 Å². The molecule has 9 atom stereocenters. The van der Waals surface area contributed by atoms with Crippen molar-refractivity contribution in [2.24, 2.45) is 39.9 Å². The summed E-state index contributed by atoms with van der Waals surface area (Å²) in [6, 6.07) is 14.7. The summed E-state index contributed by atoms with van der Waals surface area (Å²) in [7, 11) is 1.50. The zero-order valence-corrected chi connectivity index (χ0v) is 47.8. The van der Waals surface area contributed by atoms with Crippen LogP contribution in [0.1, 0.15) is 88.8 Å². The number of benzene rings is 3. The molecule has 16 N–H and O–H groups in total. The molecule has 1 aliphatic heterocycles. The number of nitrogens with one attached hydrogen (secondary N) is 7. The summed E-state index contributed by atoms with van der Waals surface area (Å²) in [5.74, 6) is -9.36. The molecule has 3 aromatic carbocycles. The third-order valence-corrected chi connectivity index (χ3v) is 14.6. The molecule has 0 bridgehead atoms. The number of phenolic OH excluding ortho intramolecular Hbond substituents is 1. The van der Waals surface area contributed by atoms with Crippen molar-refractivity contribution in [3.63, 3.8) is 0 Å². The largest absolute Gasteiger partial charge is 0.508 e. The summed E-state index contributed by atoms with van der Waals surface area (Å²) in [5, 5.41) is 47.7. The van der Waals surface area contributed by atoms with Gasteiger partial charge in [0.1, 0.15) is 17.8 Å². The molecule has 0 saturated carbocycles. The Balaban J connectivity index is 1.25. The standard InChI is InChI=1S/C59H80N12O13/c1-33(2)23-44(49(75)26-37(13-10-22-64-58(62)63-4)55(81)69-47(54(61)80)25-38-30-65-43-15-9-8-14-41(38)43)70-59(84)66-31-51(77)45(24-36-11-6-5-7-12-36)67-56(82)42(34(3)72)28-50(76)46(29-52(60)78)68-57(83)48-27-40(74)32-71(48)53(79)21-18-35-16-19-39(73)20-17-35/h5-9,11-12,14-17,19-20,30,33-34,37,40,42,44-48,65,72-74H,10,13,18,21-29,31-32H2,1-4H3,(H2,60,78)(H2,61,80)(H,67,82)(H,68,83)(H,69,81)(H3,62,63,64)(H2,66,70,84)/t34-,37-,40-,42+,44+,45+,46+,47+,48+/m1/s1. The van der Waals surface area contributed by atoms with Crippen LogP contribution < -0.4 is 49.1 Å². The number of hydrogen-bond donors (Lipinski definition) is 13. The van der Waals surface area contributed by atoms with E-state index in [0.29, 0.717) is 18.5 Å². The summed E-state index contributed by atoms with van der Waals surface area (Å²) in [5.41, 5.74) is 20.0. The molecule has 0 unspecified atom stereocenters. The molecule has 25 nitrogen and oxygen atoms in total. The van der Waals surface area contributed by atoms with Crippen LogP contribution in [-0.4, -0.2) is 159 Å². The number of rotatable bonds is 33. The number of aromatic nitrogens is 1. The predicted molar refractivity (Wildman–Crippen MR) is 311 cm³/mol. The first-order chi connectivity index (χ1) is 39.9. The number of likely N-dealkylation sites (tertiary alicyclic amines) is 1. The number of aliphatic hydroxyl groups excluding tert-OH is 2. The van der Waals surface area contributed by atoms with E-state index in [9.17, 15) is 63.3 Å². The molecule has 1 saturated heterocycles. The summed E-state index contributed by atoms with van der Waals surface area (Å²) < 4.78 is 0. The minimum Gasteiger partial charge on any atom is -0.508 e. The lowest BCUT2D eigenvalue weighted by molar-refractivity contribution is -0.140. The molecule has 0 aliphatic carbocycles. The number of primary amides is 2. The van der Waals surface area contributed by atoms with Crippen molar-refractivity contribution in [2.75, 3.05) is 26.7 Å². The Morgan fingerprint density at radius 3 is 2.05 bits per heavy atom. The van der Waals surface area contributed by atoms with Gasteiger partial charge in [0.2, 0.25) is 35.4 Å². The van der Waals surface area contributed by atoms with E-state index in [1.165, 1.54) is 31.0 Å². The number of aromatic hydroxyl groups is 1. The van der Waals surface area contributed by atoms with Crippen molar-refractivity contribution in [1.82, 2.24) is 41.8 Å². The number of guanidine groups is 1. The second-order valence-corrected chi connectivity index (χ2v) is 21.7. The van der Waals surface area contributed by atoms with E-state index in [-0.39, 0.29) is 75.5 Å². The average molecular weight is 1170 g/mol. The van der Waals surface area contributed by atoms with E-state index in [1.807, 2.05) is 38.1 Å². The molecule has 1 fully saturated rings. The number of β-amino-alcohol motifs (C(OH)–C–C–N with tert-alkyl or cyclic N) is 1. The van der Waals surface area contributed by atoms with Gasteiger partial charge in [0.15, 0.2) is 23.3 Å². The van der Waals surface area contributed by atoms with E-state index < -0.39 is 132 Å². The zero-order valence-electron chi connectivity index (χ0n) is 47.8. The highest BCUT2D eigenvalue weighted by atomic mass is 16.3. The Morgan fingerprint density at radius 1 is 0.726 bits per heavy atom. The van der Waals surface area contributed by atoms with Crippen LogP contribution in [0.25, 0.3) is 10.9 Å². The van der Waals surface area contributed by atoms with Gasteiger partial charge >= 0.3 is 6.03 Å². The van der Waals surface area contributed by atoms with E-state index in [4.69, 9.17) is 17.2 Å².